The number of piperazine rings is 1. The quantitative estimate of drug-likeness (QED) is 0.829. The molecule has 1 aliphatic heterocycles. The molecule has 5 heteroatoms. The molecule has 2 heterocycles. The molecule has 5 nitrogen and oxygen atoms in total. The van der Waals surface area contributed by atoms with E-state index in [1.807, 2.05) is 12.1 Å². The highest BCUT2D eigenvalue weighted by atomic mass is 16.3. The minimum atomic E-state index is -0.399. The SMILES string of the molecule is CN1CC(C)(C)N(Cc2ccco2)C(CC#N)C1=O. The first-order valence-electron chi connectivity index (χ1n) is 6.37. The fourth-order valence-corrected chi connectivity index (χ4v) is 2.74. The van der Waals surface area contributed by atoms with Crippen LogP contribution in [-0.4, -0.2) is 40.9 Å². The summed E-state index contributed by atoms with van der Waals surface area (Å²) < 4.78 is 5.37. The second kappa shape index (κ2) is 5.06. The number of nitrogens with zero attached hydrogens (tertiary/aromatic N) is 3. The van der Waals surface area contributed by atoms with Crippen LogP contribution in [0, 0.1) is 11.3 Å². The maximum absolute atomic E-state index is 12.2. The number of likely N-dealkylation sites (N-methyl/N-ethyl adjacent to an activating group) is 1. The molecule has 1 aromatic rings. The van der Waals surface area contributed by atoms with Gasteiger partial charge in [0.2, 0.25) is 5.91 Å². The van der Waals surface area contributed by atoms with E-state index in [0.717, 1.165) is 5.76 Å². The van der Waals surface area contributed by atoms with Crippen molar-refractivity contribution in [2.24, 2.45) is 0 Å². The molecule has 0 aromatic carbocycles. The van der Waals surface area contributed by atoms with Gasteiger partial charge in [-0.25, -0.2) is 0 Å². The average Bonchev–Trinajstić information content (AvgIpc) is 2.83. The summed E-state index contributed by atoms with van der Waals surface area (Å²) in [7, 11) is 1.79. The molecule has 1 aliphatic rings. The first-order chi connectivity index (χ1) is 8.95. The molecule has 2 rings (SSSR count). The normalized spacial score (nSPS) is 23.4. The number of hydrogen-bond acceptors (Lipinski definition) is 4. The van der Waals surface area contributed by atoms with E-state index in [0.29, 0.717) is 13.1 Å². The van der Waals surface area contributed by atoms with Crippen LogP contribution < -0.4 is 0 Å². The Kier molecular flexibility index (Phi) is 3.63. The minimum absolute atomic E-state index is 0.00688. The van der Waals surface area contributed by atoms with Crippen LogP contribution in [0.1, 0.15) is 26.0 Å². The van der Waals surface area contributed by atoms with Gasteiger partial charge < -0.3 is 9.32 Å². The minimum Gasteiger partial charge on any atom is -0.468 e. The maximum atomic E-state index is 12.2. The lowest BCUT2D eigenvalue weighted by Crippen LogP contribution is -2.65. The molecule has 0 spiro atoms. The first-order valence-corrected chi connectivity index (χ1v) is 6.37. The van der Waals surface area contributed by atoms with Gasteiger partial charge in [0.15, 0.2) is 0 Å². The number of furan rings is 1. The predicted molar refractivity (Wildman–Crippen MR) is 70.0 cm³/mol. The molecule has 1 amide bonds. The smallest absolute Gasteiger partial charge is 0.240 e. The lowest BCUT2D eigenvalue weighted by atomic mass is 9.93. The van der Waals surface area contributed by atoms with Gasteiger partial charge in [0.05, 0.1) is 25.3 Å². The van der Waals surface area contributed by atoms with Crippen LogP contribution in [0.4, 0.5) is 0 Å². The van der Waals surface area contributed by atoms with Gasteiger partial charge in [0, 0.05) is 19.1 Å². The lowest BCUT2D eigenvalue weighted by molar-refractivity contribution is -0.148. The summed E-state index contributed by atoms with van der Waals surface area (Å²) in [5.41, 5.74) is -0.184. The fourth-order valence-electron chi connectivity index (χ4n) is 2.74. The fraction of sp³-hybridized carbons (Fsp3) is 0.571. The van der Waals surface area contributed by atoms with Crippen molar-refractivity contribution in [2.75, 3.05) is 13.6 Å². The highest BCUT2D eigenvalue weighted by molar-refractivity contribution is 5.83. The van der Waals surface area contributed by atoms with Crippen molar-refractivity contribution < 1.29 is 9.21 Å². The second-order valence-electron chi connectivity index (χ2n) is 5.59. The van der Waals surface area contributed by atoms with E-state index >= 15 is 0 Å². The maximum Gasteiger partial charge on any atom is 0.240 e. The Balaban J connectivity index is 2.28. The third kappa shape index (κ3) is 2.64. The molecule has 1 aromatic heterocycles. The van der Waals surface area contributed by atoms with Crippen LogP contribution in [0.25, 0.3) is 0 Å². The summed E-state index contributed by atoms with van der Waals surface area (Å²) in [6, 6.07) is 5.44. The lowest BCUT2D eigenvalue weighted by Gasteiger charge is -2.49. The topological polar surface area (TPSA) is 60.5 Å². The van der Waals surface area contributed by atoms with Gasteiger partial charge in [0.1, 0.15) is 11.8 Å². The Morgan fingerprint density at radius 2 is 2.32 bits per heavy atom. The van der Waals surface area contributed by atoms with Crippen LogP contribution >= 0.6 is 0 Å². The second-order valence-corrected chi connectivity index (χ2v) is 5.59. The van der Waals surface area contributed by atoms with E-state index in [2.05, 4.69) is 24.8 Å². The zero-order valence-electron chi connectivity index (χ0n) is 11.6. The molecule has 1 unspecified atom stereocenters. The predicted octanol–water partition coefficient (Wildman–Crippen LogP) is 1.61. The molecule has 19 heavy (non-hydrogen) atoms. The van der Waals surface area contributed by atoms with Gasteiger partial charge in [-0.15, -0.1) is 0 Å². The summed E-state index contributed by atoms with van der Waals surface area (Å²) in [6.07, 6.45) is 1.83. The van der Waals surface area contributed by atoms with Gasteiger partial charge >= 0.3 is 0 Å². The van der Waals surface area contributed by atoms with E-state index in [1.165, 1.54) is 0 Å². The Labute approximate surface area is 113 Å². The van der Waals surface area contributed by atoms with Crippen molar-refractivity contribution in [2.45, 2.75) is 38.4 Å². The molecule has 1 fully saturated rings. The Morgan fingerprint density at radius 1 is 1.58 bits per heavy atom. The number of nitriles is 1. The molecule has 1 atom stereocenters. The standard InChI is InChI=1S/C14H19N3O2/c1-14(2)10-16(3)13(18)12(6-7-15)17(14)9-11-5-4-8-19-11/h4-5,8,12H,6,9-10H2,1-3H3. The van der Waals surface area contributed by atoms with Crippen molar-refractivity contribution in [1.82, 2.24) is 9.80 Å². The summed E-state index contributed by atoms with van der Waals surface area (Å²) in [6.45, 7) is 5.37. The number of hydrogen-bond donors (Lipinski definition) is 0. The van der Waals surface area contributed by atoms with Gasteiger partial charge in [-0.2, -0.15) is 5.26 Å². The first kappa shape index (κ1) is 13.6. The molecule has 102 valence electrons. The van der Waals surface area contributed by atoms with Crippen LogP contribution in [0.2, 0.25) is 0 Å². The molecule has 0 bridgehead atoms. The van der Waals surface area contributed by atoms with Crippen molar-refractivity contribution in [3.63, 3.8) is 0 Å². The van der Waals surface area contributed by atoms with Gasteiger partial charge in [-0.05, 0) is 26.0 Å². The van der Waals surface area contributed by atoms with Crippen molar-refractivity contribution >= 4 is 5.91 Å². The van der Waals surface area contributed by atoms with Crippen molar-refractivity contribution in [3.8, 4) is 6.07 Å². The summed E-state index contributed by atoms with van der Waals surface area (Å²) in [5.74, 6) is 0.820. The Hall–Kier alpha value is -1.80. The third-order valence-electron chi connectivity index (χ3n) is 3.63. The van der Waals surface area contributed by atoms with Crippen LogP contribution in [-0.2, 0) is 11.3 Å². The zero-order valence-corrected chi connectivity index (χ0v) is 11.6. The average molecular weight is 261 g/mol. The number of amides is 1. The van der Waals surface area contributed by atoms with Gasteiger partial charge in [0.25, 0.3) is 0 Å². The Bertz CT molecular complexity index is 487. The van der Waals surface area contributed by atoms with Crippen LogP contribution in [0.15, 0.2) is 22.8 Å². The summed E-state index contributed by atoms with van der Waals surface area (Å²) >= 11 is 0. The molecular formula is C14H19N3O2. The van der Waals surface area contributed by atoms with Crippen LogP contribution in [0.3, 0.4) is 0 Å². The number of carbonyl (C=O) groups is 1. The van der Waals surface area contributed by atoms with E-state index in [9.17, 15) is 4.79 Å². The van der Waals surface area contributed by atoms with Crippen LogP contribution in [0.5, 0.6) is 0 Å². The highest BCUT2D eigenvalue weighted by Gasteiger charge is 2.43. The highest BCUT2D eigenvalue weighted by Crippen LogP contribution is 2.29. The molecule has 1 saturated heterocycles. The monoisotopic (exact) mass is 261 g/mol. The number of carbonyl (C=O) groups excluding carboxylic acids is 1. The third-order valence-corrected chi connectivity index (χ3v) is 3.63. The molecule has 0 radical (unpaired) electrons. The Morgan fingerprint density at radius 3 is 2.89 bits per heavy atom. The van der Waals surface area contributed by atoms with E-state index in [4.69, 9.17) is 9.68 Å². The van der Waals surface area contributed by atoms with Gasteiger partial charge in [-0.3, -0.25) is 9.69 Å². The van der Waals surface area contributed by atoms with E-state index < -0.39 is 6.04 Å². The summed E-state index contributed by atoms with van der Waals surface area (Å²) in [5, 5.41) is 8.97. The van der Waals surface area contributed by atoms with Gasteiger partial charge in [-0.1, -0.05) is 0 Å². The molecule has 0 N–H and O–H groups in total. The molecular weight excluding hydrogens is 242 g/mol. The number of rotatable bonds is 3. The zero-order chi connectivity index (χ0) is 14.0. The largest absolute Gasteiger partial charge is 0.468 e. The van der Waals surface area contributed by atoms with E-state index in [1.54, 1.807) is 18.2 Å². The molecule has 0 aliphatic carbocycles. The molecule has 0 saturated carbocycles. The van der Waals surface area contributed by atoms with E-state index in [-0.39, 0.29) is 17.9 Å². The summed E-state index contributed by atoms with van der Waals surface area (Å²) in [4.78, 5) is 16.0. The van der Waals surface area contributed by atoms with Crippen molar-refractivity contribution in [1.29, 1.82) is 5.26 Å². The van der Waals surface area contributed by atoms with Crippen molar-refractivity contribution in [3.05, 3.63) is 24.2 Å².